The first-order valence-corrected chi connectivity index (χ1v) is 7.79. The third-order valence-corrected chi connectivity index (χ3v) is 4.05. The number of ether oxygens (including phenoxy) is 1. The van der Waals surface area contributed by atoms with E-state index >= 15 is 0 Å². The summed E-state index contributed by atoms with van der Waals surface area (Å²) in [5.74, 6) is 2.70. The van der Waals surface area contributed by atoms with Crippen molar-refractivity contribution in [1.82, 2.24) is 15.0 Å². The van der Waals surface area contributed by atoms with Gasteiger partial charge >= 0.3 is 0 Å². The van der Waals surface area contributed by atoms with Crippen molar-refractivity contribution in [3.8, 4) is 11.9 Å². The van der Waals surface area contributed by atoms with Crippen molar-refractivity contribution in [3.63, 3.8) is 0 Å². The summed E-state index contributed by atoms with van der Waals surface area (Å²) in [6.45, 7) is 4.42. The number of aryl methyl sites for hydroxylation is 1. The van der Waals surface area contributed by atoms with Crippen molar-refractivity contribution in [3.05, 3.63) is 42.0 Å². The summed E-state index contributed by atoms with van der Waals surface area (Å²) >= 11 is 0. The van der Waals surface area contributed by atoms with Crippen molar-refractivity contribution < 1.29 is 4.74 Å². The number of pyridine rings is 1. The minimum absolute atomic E-state index is 0.434. The molecule has 0 bridgehead atoms. The molecule has 1 fully saturated rings. The number of aromatic nitrogens is 3. The fourth-order valence-electron chi connectivity index (χ4n) is 2.74. The molecule has 0 spiro atoms. The zero-order valence-corrected chi connectivity index (χ0v) is 13.1. The highest BCUT2D eigenvalue weighted by atomic mass is 16.5. The third-order valence-electron chi connectivity index (χ3n) is 4.05. The van der Waals surface area contributed by atoms with Crippen LogP contribution in [0.5, 0.6) is 5.88 Å². The number of rotatable bonds is 4. The Morgan fingerprint density at radius 1 is 1.26 bits per heavy atom. The Labute approximate surface area is 135 Å². The number of nitrogens with zero attached hydrogens (tertiary/aromatic N) is 5. The number of piperidine rings is 1. The van der Waals surface area contributed by atoms with Crippen LogP contribution < -0.4 is 9.64 Å². The van der Waals surface area contributed by atoms with Crippen LogP contribution in [0.15, 0.2) is 30.6 Å². The van der Waals surface area contributed by atoms with E-state index in [-0.39, 0.29) is 0 Å². The van der Waals surface area contributed by atoms with Crippen LogP contribution in [0.4, 0.5) is 5.82 Å². The fraction of sp³-hybridized carbons (Fsp3) is 0.412. The Hall–Kier alpha value is -2.68. The van der Waals surface area contributed by atoms with Crippen LogP contribution in [0.1, 0.15) is 24.2 Å². The molecule has 0 saturated carbocycles. The van der Waals surface area contributed by atoms with Crippen LogP contribution >= 0.6 is 0 Å². The standard InChI is InChI=1S/C17H19N5O/c1-13-19-8-4-16(21-13)22-9-5-14(6-10-22)12-23-17-15(11-18)3-2-7-20-17/h2-4,7-8,14H,5-6,9-10,12H2,1H3. The van der Waals surface area contributed by atoms with E-state index in [9.17, 15) is 0 Å². The maximum atomic E-state index is 9.05. The molecule has 6 nitrogen and oxygen atoms in total. The van der Waals surface area contributed by atoms with Gasteiger partial charge in [-0.2, -0.15) is 5.26 Å². The molecule has 1 saturated heterocycles. The lowest BCUT2D eigenvalue weighted by Crippen LogP contribution is -2.36. The van der Waals surface area contributed by atoms with Crippen molar-refractivity contribution in [1.29, 1.82) is 5.26 Å². The van der Waals surface area contributed by atoms with Gasteiger partial charge in [-0.15, -0.1) is 0 Å². The zero-order chi connectivity index (χ0) is 16.1. The van der Waals surface area contributed by atoms with Crippen molar-refractivity contribution in [2.75, 3.05) is 24.6 Å². The zero-order valence-electron chi connectivity index (χ0n) is 13.1. The molecule has 0 aromatic carbocycles. The van der Waals surface area contributed by atoms with Gasteiger partial charge in [0.1, 0.15) is 23.3 Å². The third kappa shape index (κ3) is 3.75. The molecule has 6 heteroatoms. The Kier molecular flexibility index (Phi) is 4.67. The van der Waals surface area contributed by atoms with Crippen LogP contribution in [0.2, 0.25) is 0 Å². The lowest BCUT2D eigenvalue weighted by molar-refractivity contribution is 0.215. The maximum absolute atomic E-state index is 9.05. The molecule has 1 aliphatic rings. The molecule has 23 heavy (non-hydrogen) atoms. The number of hydrogen-bond acceptors (Lipinski definition) is 6. The highest BCUT2D eigenvalue weighted by Crippen LogP contribution is 2.23. The summed E-state index contributed by atoms with van der Waals surface area (Å²) in [4.78, 5) is 15.0. The average molecular weight is 309 g/mol. The second kappa shape index (κ2) is 7.05. The lowest BCUT2D eigenvalue weighted by Gasteiger charge is -2.32. The summed E-state index contributed by atoms with van der Waals surface area (Å²) < 4.78 is 5.75. The van der Waals surface area contributed by atoms with Crippen LogP contribution in [0.3, 0.4) is 0 Å². The Morgan fingerprint density at radius 2 is 2.09 bits per heavy atom. The van der Waals surface area contributed by atoms with Crippen molar-refractivity contribution >= 4 is 5.82 Å². The SMILES string of the molecule is Cc1nccc(N2CCC(COc3ncccc3C#N)CC2)n1. The first-order valence-electron chi connectivity index (χ1n) is 7.79. The maximum Gasteiger partial charge on any atom is 0.231 e. The van der Waals surface area contributed by atoms with E-state index in [1.807, 2.05) is 13.0 Å². The van der Waals surface area contributed by atoms with E-state index in [1.54, 1.807) is 24.5 Å². The second-order valence-corrected chi connectivity index (χ2v) is 5.67. The van der Waals surface area contributed by atoms with Gasteiger partial charge in [0, 0.05) is 25.5 Å². The number of nitriles is 1. The summed E-state index contributed by atoms with van der Waals surface area (Å²) in [5.41, 5.74) is 0.487. The molecule has 0 amide bonds. The molecular weight excluding hydrogens is 290 g/mol. The van der Waals surface area contributed by atoms with Crippen LogP contribution in [0.25, 0.3) is 0 Å². The Balaban J connectivity index is 1.53. The van der Waals surface area contributed by atoms with Crippen LogP contribution in [-0.2, 0) is 0 Å². The topological polar surface area (TPSA) is 74.9 Å². The molecule has 0 unspecified atom stereocenters. The molecule has 2 aromatic heterocycles. The first-order chi connectivity index (χ1) is 11.3. The van der Waals surface area contributed by atoms with Crippen LogP contribution in [-0.4, -0.2) is 34.6 Å². The number of hydrogen-bond donors (Lipinski definition) is 0. The smallest absolute Gasteiger partial charge is 0.231 e. The van der Waals surface area contributed by atoms with Gasteiger partial charge in [-0.1, -0.05) is 0 Å². The predicted octanol–water partition coefficient (Wildman–Crippen LogP) is 2.35. The molecule has 118 valence electrons. The minimum Gasteiger partial charge on any atom is -0.476 e. The van der Waals surface area contributed by atoms with Crippen molar-refractivity contribution in [2.24, 2.45) is 5.92 Å². The summed E-state index contributed by atoms with van der Waals surface area (Å²) in [6.07, 6.45) is 5.53. The molecule has 0 radical (unpaired) electrons. The van der Waals surface area contributed by atoms with Crippen molar-refractivity contribution in [2.45, 2.75) is 19.8 Å². The highest BCUT2D eigenvalue weighted by molar-refractivity contribution is 5.38. The van der Waals surface area contributed by atoms with Gasteiger partial charge in [0.2, 0.25) is 5.88 Å². The Bertz CT molecular complexity index is 704. The van der Waals surface area contributed by atoms with Gasteiger partial charge in [-0.05, 0) is 43.9 Å². The average Bonchev–Trinajstić information content (AvgIpc) is 2.60. The fourth-order valence-corrected chi connectivity index (χ4v) is 2.74. The number of anilines is 1. The molecule has 3 heterocycles. The molecule has 0 aliphatic carbocycles. The van der Waals surface area contributed by atoms with Gasteiger partial charge in [0.25, 0.3) is 0 Å². The molecule has 0 atom stereocenters. The first kappa shape index (κ1) is 15.2. The van der Waals surface area contributed by atoms with Crippen LogP contribution in [0, 0.1) is 24.2 Å². The normalized spacial score (nSPS) is 15.2. The van der Waals surface area contributed by atoms with E-state index in [0.29, 0.717) is 24.0 Å². The second-order valence-electron chi connectivity index (χ2n) is 5.67. The molecule has 3 rings (SSSR count). The van der Waals surface area contributed by atoms with E-state index < -0.39 is 0 Å². The monoisotopic (exact) mass is 309 g/mol. The minimum atomic E-state index is 0.434. The molecular formula is C17H19N5O. The molecule has 0 N–H and O–H groups in total. The Morgan fingerprint density at radius 3 is 2.83 bits per heavy atom. The largest absolute Gasteiger partial charge is 0.476 e. The van der Waals surface area contributed by atoms with E-state index in [1.165, 1.54) is 0 Å². The van der Waals surface area contributed by atoms with Gasteiger partial charge in [0.15, 0.2) is 0 Å². The van der Waals surface area contributed by atoms with Gasteiger partial charge in [0.05, 0.1) is 6.61 Å². The van der Waals surface area contributed by atoms with Gasteiger partial charge < -0.3 is 9.64 Å². The highest BCUT2D eigenvalue weighted by Gasteiger charge is 2.21. The van der Waals surface area contributed by atoms with Gasteiger partial charge in [-0.25, -0.2) is 15.0 Å². The lowest BCUT2D eigenvalue weighted by atomic mass is 9.98. The summed E-state index contributed by atoms with van der Waals surface area (Å²) in [6, 6.07) is 7.53. The summed E-state index contributed by atoms with van der Waals surface area (Å²) in [5, 5.41) is 9.05. The summed E-state index contributed by atoms with van der Waals surface area (Å²) in [7, 11) is 0. The van der Waals surface area contributed by atoms with E-state index in [4.69, 9.17) is 10.00 Å². The predicted molar refractivity (Wildman–Crippen MR) is 86.2 cm³/mol. The van der Waals surface area contributed by atoms with E-state index in [2.05, 4.69) is 25.9 Å². The molecule has 1 aliphatic heterocycles. The van der Waals surface area contributed by atoms with Gasteiger partial charge in [-0.3, -0.25) is 0 Å². The quantitative estimate of drug-likeness (QED) is 0.863. The molecule has 2 aromatic rings. The van der Waals surface area contributed by atoms with E-state index in [0.717, 1.165) is 37.6 Å².